The van der Waals surface area contributed by atoms with Crippen molar-refractivity contribution in [3.63, 3.8) is 0 Å². The van der Waals surface area contributed by atoms with E-state index >= 15 is 0 Å². The van der Waals surface area contributed by atoms with Crippen molar-refractivity contribution in [2.75, 3.05) is 4.90 Å². The second-order valence-corrected chi connectivity index (χ2v) is 11.3. The van der Waals surface area contributed by atoms with Crippen molar-refractivity contribution in [2.45, 2.75) is 18.8 Å². The molecule has 1 N–H and O–H groups in total. The van der Waals surface area contributed by atoms with Gasteiger partial charge in [0.05, 0.1) is 22.0 Å². The van der Waals surface area contributed by atoms with Crippen LogP contribution in [0.5, 0.6) is 5.75 Å². The Morgan fingerprint density at radius 2 is 1.59 bits per heavy atom. The summed E-state index contributed by atoms with van der Waals surface area (Å²) >= 11 is 3.25. The molecule has 192 valence electrons. The Morgan fingerprint density at radius 1 is 0.846 bits per heavy atom. The molecule has 1 fully saturated rings. The number of imide groups is 1. The zero-order valence-electron chi connectivity index (χ0n) is 20.6. The molecule has 0 saturated carbocycles. The third kappa shape index (κ3) is 3.39. The van der Waals surface area contributed by atoms with Crippen LogP contribution in [0.2, 0.25) is 0 Å². The Labute approximate surface area is 232 Å². The molecule has 1 aliphatic heterocycles. The van der Waals surface area contributed by atoms with Gasteiger partial charge < -0.3 is 5.11 Å². The second kappa shape index (κ2) is 8.71. The molecule has 0 unspecified atom stereocenters. The lowest BCUT2D eigenvalue weighted by Gasteiger charge is -2.42. The number of amides is 2. The highest BCUT2D eigenvalue weighted by molar-refractivity contribution is 9.12. The van der Waals surface area contributed by atoms with E-state index in [0.29, 0.717) is 34.2 Å². The van der Waals surface area contributed by atoms with Gasteiger partial charge >= 0.3 is 0 Å². The van der Waals surface area contributed by atoms with Gasteiger partial charge in [0.15, 0.2) is 11.6 Å². The molecule has 1 heterocycles. The maximum Gasteiger partial charge on any atom is 0.238 e. The number of allylic oxidation sites excluding steroid dienone is 6. The van der Waals surface area contributed by atoms with E-state index < -0.39 is 23.7 Å². The smallest absolute Gasteiger partial charge is 0.238 e. The summed E-state index contributed by atoms with van der Waals surface area (Å²) in [6.45, 7) is 0. The van der Waals surface area contributed by atoms with Crippen LogP contribution < -0.4 is 4.90 Å². The van der Waals surface area contributed by atoms with Crippen molar-refractivity contribution >= 4 is 55.8 Å². The number of nitrogens with zero attached hydrogens (tertiary/aromatic N) is 1. The van der Waals surface area contributed by atoms with Crippen molar-refractivity contribution in [3.8, 4) is 5.75 Å². The highest BCUT2D eigenvalue weighted by Gasteiger charge is 2.56. The van der Waals surface area contributed by atoms with E-state index in [1.54, 1.807) is 30.3 Å². The first-order valence-electron chi connectivity index (χ1n) is 12.9. The van der Waals surface area contributed by atoms with Gasteiger partial charge in [-0.15, -0.1) is 0 Å². The fraction of sp³-hybridized carbons (Fsp3) is 0.188. The molecule has 4 atom stereocenters. The van der Waals surface area contributed by atoms with Crippen LogP contribution in [-0.4, -0.2) is 28.5 Å². The van der Waals surface area contributed by atoms with E-state index in [0.717, 1.165) is 11.0 Å². The number of halogens is 1. The molecule has 3 aromatic rings. The third-order valence-electron chi connectivity index (χ3n) is 8.59. The first kappa shape index (κ1) is 24.0. The zero-order valence-corrected chi connectivity index (χ0v) is 22.2. The average molecular weight is 580 g/mol. The molecule has 4 aliphatic rings. The van der Waals surface area contributed by atoms with E-state index in [-0.39, 0.29) is 40.0 Å². The number of fused-ring (bicyclic) bond motifs is 4. The Kier molecular flexibility index (Phi) is 5.36. The number of anilines is 1. The van der Waals surface area contributed by atoms with E-state index in [9.17, 15) is 24.3 Å². The average Bonchev–Trinajstić information content (AvgIpc) is 3.21. The van der Waals surface area contributed by atoms with Crippen LogP contribution in [-0.2, 0) is 19.2 Å². The molecule has 39 heavy (non-hydrogen) atoms. The van der Waals surface area contributed by atoms with Crippen LogP contribution in [0.15, 0.2) is 100 Å². The fourth-order valence-corrected chi connectivity index (χ4v) is 7.35. The molecule has 0 bridgehead atoms. The molecular formula is C32H22BrNO5. The Morgan fingerprint density at radius 3 is 2.38 bits per heavy atom. The van der Waals surface area contributed by atoms with Gasteiger partial charge in [-0.25, -0.2) is 0 Å². The number of carbonyl (C=O) groups is 4. The second-order valence-electron chi connectivity index (χ2n) is 10.5. The van der Waals surface area contributed by atoms with Gasteiger partial charge in [-0.3, -0.25) is 24.1 Å². The zero-order chi connectivity index (χ0) is 27.0. The van der Waals surface area contributed by atoms with Crippen molar-refractivity contribution < 1.29 is 24.3 Å². The predicted molar refractivity (Wildman–Crippen MR) is 149 cm³/mol. The summed E-state index contributed by atoms with van der Waals surface area (Å²) < 4.78 is 0.173. The summed E-state index contributed by atoms with van der Waals surface area (Å²) in [5.74, 6) is -3.46. The molecule has 7 heteroatoms. The third-order valence-corrected chi connectivity index (χ3v) is 9.18. The number of ketones is 2. The van der Waals surface area contributed by atoms with E-state index in [1.165, 1.54) is 11.0 Å². The number of phenols is 1. The normalized spacial score (nSPS) is 26.3. The maximum atomic E-state index is 13.9. The first-order chi connectivity index (χ1) is 18.9. The number of phenolic OH excluding ortho intramolecular Hbond substituents is 1. The molecule has 0 radical (unpaired) electrons. The van der Waals surface area contributed by atoms with Gasteiger partial charge in [-0.1, -0.05) is 66.2 Å². The highest BCUT2D eigenvalue weighted by atomic mass is 79.9. The van der Waals surface area contributed by atoms with Crippen molar-refractivity contribution in [1.29, 1.82) is 0 Å². The van der Waals surface area contributed by atoms with Gasteiger partial charge in [0, 0.05) is 34.1 Å². The van der Waals surface area contributed by atoms with Crippen molar-refractivity contribution in [2.24, 2.45) is 17.8 Å². The Balaban J connectivity index is 1.41. The summed E-state index contributed by atoms with van der Waals surface area (Å²) in [5, 5.41) is 12.9. The minimum atomic E-state index is -0.703. The molecule has 3 aliphatic carbocycles. The largest absolute Gasteiger partial charge is 0.507 e. The minimum absolute atomic E-state index is 0.0437. The Bertz CT molecular complexity index is 1730. The van der Waals surface area contributed by atoms with Gasteiger partial charge in [-0.05, 0) is 52.2 Å². The maximum absolute atomic E-state index is 13.9. The number of hydrogen-bond acceptors (Lipinski definition) is 5. The molecule has 3 aromatic carbocycles. The summed E-state index contributed by atoms with van der Waals surface area (Å²) in [5.41, 5.74) is 2.53. The van der Waals surface area contributed by atoms with Gasteiger partial charge in [0.1, 0.15) is 5.75 Å². The van der Waals surface area contributed by atoms with Gasteiger partial charge in [-0.2, -0.15) is 0 Å². The Hall–Kier alpha value is -4.10. The summed E-state index contributed by atoms with van der Waals surface area (Å²) in [6, 6.07) is 20.0. The number of aromatic hydroxyl groups is 1. The topological polar surface area (TPSA) is 91.8 Å². The first-order valence-corrected chi connectivity index (χ1v) is 13.7. The van der Waals surface area contributed by atoms with E-state index in [2.05, 4.69) is 15.9 Å². The molecule has 2 amide bonds. The van der Waals surface area contributed by atoms with Crippen LogP contribution in [0.4, 0.5) is 5.69 Å². The minimum Gasteiger partial charge on any atom is -0.507 e. The monoisotopic (exact) mass is 579 g/mol. The highest BCUT2D eigenvalue weighted by Crippen LogP contribution is 2.57. The number of Topliss-reactive ketones (excluding diaryl/α,β-unsaturated/α-hetero) is 1. The predicted octanol–water partition coefficient (Wildman–Crippen LogP) is 5.51. The van der Waals surface area contributed by atoms with Crippen LogP contribution in [0.3, 0.4) is 0 Å². The fourth-order valence-electron chi connectivity index (χ4n) is 6.90. The standard InChI is InChI=1S/C32H22BrNO5/c33-24-15-25(35)28-23(30(24)37)14-22-19(26(28)20-11-10-16-6-4-5-9-18(16)29(20)36)12-13-21-27(22)32(39)34(31(21)38)17-7-2-1-3-8-17/h1-12,15,21-22,26-27,36H,13-14H2/t21-,22+,26+,27-/m0/s1. The number of rotatable bonds is 2. The van der Waals surface area contributed by atoms with Crippen LogP contribution in [0.1, 0.15) is 24.3 Å². The molecule has 1 saturated heterocycles. The molecule has 6 nitrogen and oxygen atoms in total. The van der Waals surface area contributed by atoms with Crippen molar-refractivity contribution in [3.05, 3.63) is 106 Å². The van der Waals surface area contributed by atoms with Crippen LogP contribution in [0.25, 0.3) is 10.8 Å². The van der Waals surface area contributed by atoms with E-state index in [1.807, 2.05) is 42.5 Å². The summed E-state index contributed by atoms with van der Waals surface area (Å²) in [7, 11) is 0. The number of benzene rings is 3. The molecular weight excluding hydrogens is 558 g/mol. The summed E-state index contributed by atoms with van der Waals surface area (Å²) in [6.07, 6.45) is 3.78. The number of hydrogen-bond donors (Lipinski definition) is 1. The SMILES string of the molecule is O=C1C=C(Br)C(=O)C2=C1[C@@H](c1ccc3ccccc3c1O)C1=CC[C@@H]3C(=O)N(c4ccccc4)C(=O)[C@@H]3[C@@H]1C2. The lowest BCUT2D eigenvalue weighted by Crippen LogP contribution is -2.39. The van der Waals surface area contributed by atoms with Gasteiger partial charge in [0.25, 0.3) is 0 Å². The lowest BCUT2D eigenvalue weighted by atomic mass is 9.59. The van der Waals surface area contributed by atoms with Crippen LogP contribution in [0, 0.1) is 17.8 Å². The lowest BCUT2D eigenvalue weighted by molar-refractivity contribution is -0.123. The quantitative estimate of drug-likeness (QED) is 0.245. The van der Waals surface area contributed by atoms with Crippen molar-refractivity contribution in [1.82, 2.24) is 0 Å². The number of para-hydroxylation sites is 1. The molecule has 7 rings (SSSR count). The number of carbonyl (C=O) groups excluding carboxylic acids is 4. The summed E-state index contributed by atoms with van der Waals surface area (Å²) in [4.78, 5) is 55.5. The van der Waals surface area contributed by atoms with Gasteiger partial charge in [0.2, 0.25) is 11.8 Å². The van der Waals surface area contributed by atoms with E-state index in [4.69, 9.17) is 0 Å². The molecule has 0 aromatic heterocycles. The van der Waals surface area contributed by atoms with Crippen LogP contribution >= 0.6 is 15.9 Å². The molecule has 0 spiro atoms.